The zero-order valence-corrected chi connectivity index (χ0v) is 19.4. The maximum absolute atomic E-state index is 12.6. The first-order valence-electron chi connectivity index (χ1n) is 11.0. The smallest absolute Gasteiger partial charge is 0.343 e. The predicted molar refractivity (Wildman–Crippen MR) is 135 cm³/mol. The maximum Gasteiger partial charge on any atom is 0.343 e. The van der Waals surface area contributed by atoms with E-state index in [1.807, 2.05) is 43.3 Å². The number of hydrogen-bond donors (Lipinski definition) is 1. The molecule has 1 N–H and O–H groups in total. The fraction of sp³-hybridized carbons (Fsp3) is 0.107. The number of carbonyl (C=O) groups excluding carboxylic acids is 2. The van der Waals surface area contributed by atoms with E-state index in [-0.39, 0.29) is 11.7 Å². The number of hydrogen-bond acceptors (Lipinski definition) is 6. The lowest BCUT2D eigenvalue weighted by molar-refractivity contribution is 0.0729. The second kappa shape index (κ2) is 11.0. The minimum atomic E-state index is -0.518. The van der Waals surface area contributed by atoms with Crippen molar-refractivity contribution in [2.75, 3.05) is 13.7 Å². The predicted octanol–water partition coefficient (Wildman–Crippen LogP) is 5.23. The molecule has 0 heterocycles. The number of carbonyl (C=O) groups is 2. The lowest BCUT2D eigenvalue weighted by Gasteiger charge is -2.10. The Kier molecular flexibility index (Phi) is 7.37. The van der Waals surface area contributed by atoms with Crippen LogP contribution >= 0.6 is 0 Å². The van der Waals surface area contributed by atoms with Crippen molar-refractivity contribution in [3.8, 4) is 17.2 Å². The molecule has 1 amide bonds. The highest BCUT2D eigenvalue weighted by Crippen LogP contribution is 2.28. The molecule has 35 heavy (non-hydrogen) atoms. The number of methoxy groups -OCH3 is 1. The van der Waals surface area contributed by atoms with Gasteiger partial charge in [-0.1, -0.05) is 36.4 Å². The van der Waals surface area contributed by atoms with Crippen molar-refractivity contribution >= 4 is 28.9 Å². The average molecular weight is 469 g/mol. The molecule has 0 aromatic heterocycles. The standard InChI is InChI=1S/C28H24N2O5/c1-3-34-22-14-12-21(13-15-22)28(32)35-25-16-11-19(17-26(25)33-2)18-29-30-27(31)24-10-6-8-20-7-4-5-9-23(20)24/h4-18H,3H2,1-2H3,(H,30,31)/b29-18+. The van der Waals surface area contributed by atoms with Gasteiger partial charge in [0, 0.05) is 5.56 Å². The van der Waals surface area contributed by atoms with Crippen molar-refractivity contribution in [2.24, 2.45) is 5.10 Å². The van der Waals surface area contributed by atoms with Gasteiger partial charge in [-0.25, -0.2) is 10.2 Å². The Morgan fingerprint density at radius 1 is 0.914 bits per heavy atom. The summed E-state index contributed by atoms with van der Waals surface area (Å²) in [5.74, 6) is 0.468. The molecule has 4 aromatic rings. The molecule has 7 heteroatoms. The zero-order chi connectivity index (χ0) is 24.6. The Labute approximate surface area is 202 Å². The van der Waals surface area contributed by atoms with Crippen LogP contribution in [0.4, 0.5) is 0 Å². The summed E-state index contributed by atoms with van der Waals surface area (Å²) < 4.78 is 16.3. The quantitative estimate of drug-likeness (QED) is 0.166. The molecule has 0 bridgehead atoms. The van der Waals surface area contributed by atoms with Crippen molar-refractivity contribution in [3.63, 3.8) is 0 Å². The van der Waals surface area contributed by atoms with Gasteiger partial charge in [0.1, 0.15) is 5.75 Å². The average Bonchev–Trinajstić information content (AvgIpc) is 2.89. The van der Waals surface area contributed by atoms with E-state index in [2.05, 4.69) is 10.5 Å². The minimum Gasteiger partial charge on any atom is -0.494 e. The molecule has 0 aliphatic rings. The van der Waals surface area contributed by atoms with Crippen LogP contribution in [-0.2, 0) is 0 Å². The van der Waals surface area contributed by atoms with Crippen LogP contribution in [0.2, 0.25) is 0 Å². The molecule has 0 radical (unpaired) electrons. The van der Waals surface area contributed by atoms with E-state index in [0.29, 0.717) is 34.8 Å². The van der Waals surface area contributed by atoms with E-state index >= 15 is 0 Å². The Morgan fingerprint density at radius 2 is 1.69 bits per heavy atom. The van der Waals surface area contributed by atoms with Gasteiger partial charge in [-0.2, -0.15) is 5.10 Å². The minimum absolute atomic E-state index is 0.267. The number of nitrogens with zero attached hydrogens (tertiary/aromatic N) is 1. The summed E-state index contributed by atoms with van der Waals surface area (Å²) in [6.45, 7) is 2.44. The summed E-state index contributed by atoms with van der Waals surface area (Å²) in [6, 6.07) is 24.9. The van der Waals surface area contributed by atoms with Crippen molar-refractivity contribution in [3.05, 3.63) is 102 Å². The van der Waals surface area contributed by atoms with E-state index in [9.17, 15) is 9.59 Å². The highest BCUT2D eigenvalue weighted by atomic mass is 16.6. The van der Waals surface area contributed by atoms with Crippen molar-refractivity contribution in [1.82, 2.24) is 5.43 Å². The monoisotopic (exact) mass is 468 g/mol. The molecule has 4 aromatic carbocycles. The second-order valence-electron chi connectivity index (χ2n) is 7.48. The number of benzene rings is 4. The van der Waals surface area contributed by atoms with Crippen molar-refractivity contribution in [2.45, 2.75) is 6.92 Å². The molecule has 0 fully saturated rings. The fourth-order valence-corrected chi connectivity index (χ4v) is 3.51. The van der Waals surface area contributed by atoms with Gasteiger partial charge < -0.3 is 14.2 Å². The molecule has 4 rings (SSSR count). The summed E-state index contributed by atoms with van der Waals surface area (Å²) in [4.78, 5) is 25.1. The number of fused-ring (bicyclic) bond motifs is 1. The van der Waals surface area contributed by atoms with Crippen LogP contribution in [0.25, 0.3) is 10.8 Å². The molecule has 0 aliphatic carbocycles. The van der Waals surface area contributed by atoms with Crippen LogP contribution in [0, 0.1) is 0 Å². The van der Waals surface area contributed by atoms with E-state index in [1.54, 1.807) is 48.5 Å². The summed E-state index contributed by atoms with van der Waals surface area (Å²) in [5, 5.41) is 5.89. The third kappa shape index (κ3) is 5.65. The topological polar surface area (TPSA) is 86.2 Å². The Hall–Kier alpha value is -4.65. The highest BCUT2D eigenvalue weighted by Gasteiger charge is 2.13. The molecule has 0 saturated carbocycles. The third-order valence-electron chi connectivity index (χ3n) is 5.21. The van der Waals surface area contributed by atoms with Crippen LogP contribution in [0.15, 0.2) is 90.0 Å². The fourth-order valence-electron chi connectivity index (χ4n) is 3.51. The molecular formula is C28H24N2O5. The summed E-state index contributed by atoms with van der Waals surface area (Å²) in [7, 11) is 1.48. The van der Waals surface area contributed by atoms with Gasteiger partial charge in [0.2, 0.25) is 0 Å². The first-order chi connectivity index (χ1) is 17.1. The Bertz CT molecular complexity index is 1370. The first kappa shape index (κ1) is 23.5. The van der Waals surface area contributed by atoms with Gasteiger partial charge in [-0.15, -0.1) is 0 Å². The lowest BCUT2D eigenvalue weighted by Crippen LogP contribution is -2.17. The van der Waals surface area contributed by atoms with Gasteiger partial charge >= 0.3 is 5.97 Å². The number of amides is 1. The lowest BCUT2D eigenvalue weighted by atomic mass is 10.0. The first-order valence-corrected chi connectivity index (χ1v) is 11.0. The number of esters is 1. The van der Waals surface area contributed by atoms with E-state index in [4.69, 9.17) is 14.2 Å². The van der Waals surface area contributed by atoms with E-state index in [0.717, 1.165) is 10.8 Å². The van der Waals surface area contributed by atoms with Crippen molar-refractivity contribution in [1.29, 1.82) is 0 Å². The van der Waals surface area contributed by atoms with Crippen LogP contribution in [0.3, 0.4) is 0 Å². The zero-order valence-electron chi connectivity index (χ0n) is 19.4. The molecule has 0 atom stereocenters. The van der Waals surface area contributed by atoms with Crippen LogP contribution < -0.4 is 19.6 Å². The normalized spacial score (nSPS) is 10.8. The maximum atomic E-state index is 12.6. The third-order valence-corrected chi connectivity index (χ3v) is 5.21. The molecule has 0 unspecified atom stereocenters. The van der Waals surface area contributed by atoms with E-state index < -0.39 is 5.97 Å². The summed E-state index contributed by atoms with van der Waals surface area (Å²) >= 11 is 0. The largest absolute Gasteiger partial charge is 0.494 e. The second-order valence-corrected chi connectivity index (χ2v) is 7.48. The van der Waals surface area contributed by atoms with Crippen LogP contribution in [0.1, 0.15) is 33.2 Å². The van der Waals surface area contributed by atoms with Gasteiger partial charge in [-0.3, -0.25) is 4.79 Å². The Morgan fingerprint density at radius 3 is 2.46 bits per heavy atom. The van der Waals surface area contributed by atoms with Crippen LogP contribution in [-0.4, -0.2) is 31.8 Å². The van der Waals surface area contributed by atoms with Gasteiger partial charge in [0.15, 0.2) is 11.5 Å². The highest BCUT2D eigenvalue weighted by molar-refractivity contribution is 6.07. The Balaban J connectivity index is 1.43. The van der Waals surface area contributed by atoms with Gasteiger partial charge in [0.25, 0.3) is 5.91 Å². The molecule has 0 aliphatic heterocycles. The van der Waals surface area contributed by atoms with Gasteiger partial charge in [-0.05, 0) is 71.8 Å². The SMILES string of the molecule is CCOc1ccc(C(=O)Oc2ccc(/C=N/NC(=O)c3cccc4ccccc34)cc2OC)cc1. The summed E-state index contributed by atoms with van der Waals surface area (Å²) in [6.07, 6.45) is 1.49. The molecule has 0 saturated heterocycles. The van der Waals surface area contributed by atoms with Crippen LogP contribution in [0.5, 0.6) is 17.2 Å². The molecule has 0 spiro atoms. The number of rotatable bonds is 8. The number of ether oxygens (including phenoxy) is 3. The molecule has 176 valence electrons. The summed E-state index contributed by atoms with van der Waals surface area (Å²) in [5.41, 5.74) is 4.13. The van der Waals surface area contributed by atoms with E-state index in [1.165, 1.54) is 13.3 Å². The van der Waals surface area contributed by atoms with Gasteiger partial charge in [0.05, 0.1) is 25.5 Å². The molecule has 7 nitrogen and oxygen atoms in total. The number of hydrazone groups is 1. The number of nitrogens with one attached hydrogen (secondary N) is 1. The van der Waals surface area contributed by atoms with Crippen molar-refractivity contribution < 1.29 is 23.8 Å². The molecular weight excluding hydrogens is 444 g/mol.